The van der Waals surface area contributed by atoms with Crippen molar-refractivity contribution in [2.24, 2.45) is 5.92 Å². The van der Waals surface area contributed by atoms with Crippen LogP contribution in [0, 0.1) is 12.8 Å². The number of hydrogen-bond donors (Lipinski definition) is 1. The van der Waals surface area contributed by atoms with Crippen molar-refractivity contribution < 1.29 is 22.4 Å². The van der Waals surface area contributed by atoms with Crippen LogP contribution in [0.5, 0.6) is 0 Å². The summed E-state index contributed by atoms with van der Waals surface area (Å²) in [6, 6.07) is 5.27. The Morgan fingerprint density at radius 1 is 1.30 bits per heavy atom. The largest absolute Gasteiger partial charge is 0.443 e. The number of nitrogens with zero attached hydrogens (tertiary/aromatic N) is 4. The van der Waals surface area contributed by atoms with Crippen LogP contribution < -0.4 is 5.32 Å². The topological polar surface area (TPSA) is 85.3 Å². The first kappa shape index (κ1) is 18.6. The SMILES string of the molecule is Cc1cc(-c2ccc3ocnc3c2)nc2c(C(=O)NC(C3CC3)C(F)(F)F)cnn12. The highest BCUT2D eigenvalue weighted by atomic mass is 19.4. The van der Waals surface area contributed by atoms with Gasteiger partial charge in [0.15, 0.2) is 17.6 Å². The third kappa shape index (κ3) is 3.17. The number of aryl methyl sites for hydroxylation is 1. The molecule has 3 aromatic heterocycles. The van der Waals surface area contributed by atoms with Gasteiger partial charge in [0.2, 0.25) is 0 Å². The molecule has 1 aromatic carbocycles. The van der Waals surface area contributed by atoms with Gasteiger partial charge in [0.25, 0.3) is 5.91 Å². The van der Waals surface area contributed by atoms with Crippen LogP contribution in [-0.2, 0) is 0 Å². The fourth-order valence-corrected chi connectivity index (χ4v) is 3.55. The van der Waals surface area contributed by atoms with Gasteiger partial charge >= 0.3 is 6.18 Å². The van der Waals surface area contributed by atoms with Gasteiger partial charge in [-0.15, -0.1) is 0 Å². The van der Waals surface area contributed by atoms with E-state index >= 15 is 0 Å². The van der Waals surface area contributed by atoms with Gasteiger partial charge in [-0.25, -0.2) is 14.5 Å². The van der Waals surface area contributed by atoms with Crippen molar-refractivity contribution >= 4 is 22.7 Å². The number of aromatic nitrogens is 4. The Hall–Kier alpha value is -3.43. The lowest BCUT2D eigenvalue weighted by Crippen LogP contribution is -2.46. The molecule has 0 aliphatic heterocycles. The second-order valence-electron chi connectivity index (χ2n) is 7.44. The Morgan fingerprint density at radius 3 is 2.83 bits per heavy atom. The zero-order chi connectivity index (χ0) is 21.0. The fourth-order valence-electron chi connectivity index (χ4n) is 3.55. The zero-order valence-corrected chi connectivity index (χ0v) is 15.8. The average Bonchev–Trinajstić information content (AvgIpc) is 3.24. The normalized spacial score (nSPS) is 15.6. The van der Waals surface area contributed by atoms with Crippen molar-refractivity contribution in [3.8, 4) is 11.3 Å². The van der Waals surface area contributed by atoms with Crippen molar-refractivity contribution in [1.29, 1.82) is 0 Å². The molecule has 1 aliphatic rings. The molecule has 10 heteroatoms. The molecule has 30 heavy (non-hydrogen) atoms. The maximum absolute atomic E-state index is 13.3. The van der Waals surface area contributed by atoms with E-state index < -0.39 is 24.0 Å². The second-order valence-corrected chi connectivity index (χ2v) is 7.44. The molecule has 1 amide bonds. The maximum atomic E-state index is 13.3. The number of alkyl halides is 3. The smallest absolute Gasteiger partial charge is 0.408 e. The van der Waals surface area contributed by atoms with E-state index in [1.165, 1.54) is 17.1 Å². The minimum Gasteiger partial charge on any atom is -0.443 e. The molecule has 154 valence electrons. The van der Waals surface area contributed by atoms with Crippen LogP contribution in [-0.4, -0.2) is 37.7 Å². The van der Waals surface area contributed by atoms with Gasteiger partial charge in [-0.05, 0) is 49.9 Å². The van der Waals surface area contributed by atoms with Gasteiger partial charge < -0.3 is 9.73 Å². The van der Waals surface area contributed by atoms with Crippen molar-refractivity contribution in [2.75, 3.05) is 0 Å². The molecule has 1 unspecified atom stereocenters. The van der Waals surface area contributed by atoms with Gasteiger partial charge in [0, 0.05) is 11.3 Å². The molecular weight excluding hydrogens is 399 g/mol. The highest BCUT2D eigenvalue weighted by Crippen LogP contribution is 2.40. The van der Waals surface area contributed by atoms with E-state index in [0.29, 0.717) is 35.3 Å². The standard InChI is InChI=1S/C20H16F3N5O2/c1-10-6-14(12-4-5-16-15(7-12)24-9-30-16)26-18-13(8-25-28(10)18)19(29)27-17(11-2-3-11)20(21,22)23/h4-9,11,17H,2-3H2,1H3,(H,27,29). The number of hydrogen-bond acceptors (Lipinski definition) is 5. The summed E-state index contributed by atoms with van der Waals surface area (Å²) in [5.74, 6) is -1.41. The van der Waals surface area contributed by atoms with E-state index in [4.69, 9.17) is 4.42 Å². The number of amides is 1. The number of fused-ring (bicyclic) bond motifs is 2. The summed E-state index contributed by atoms with van der Waals surface area (Å²) in [7, 11) is 0. The lowest BCUT2D eigenvalue weighted by atomic mass is 10.1. The van der Waals surface area contributed by atoms with Gasteiger partial charge in [0.05, 0.1) is 11.9 Å². The lowest BCUT2D eigenvalue weighted by Gasteiger charge is -2.20. The van der Waals surface area contributed by atoms with E-state index in [2.05, 4.69) is 20.4 Å². The number of nitrogens with one attached hydrogen (secondary N) is 1. The monoisotopic (exact) mass is 415 g/mol. The van der Waals surface area contributed by atoms with E-state index in [-0.39, 0.29) is 11.2 Å². The van der Waals surface area contributed by atoms with Crippen molar-refractivity contribution in [1.82, 2.24) is 24.9 Å². The molecular formula is C20H16F3N5O2. The summed E-state index contributed by atoms with van der Waals surface area (Å²) in [6.45, 7) is 1.78. The lowest BCUT2D eigenvalue weighted by molar-refractivity contribution is -0.158. The van der Waals surface area contributed by atoms with Crippen LogP contribution in [0.4, 0.5) is 13.2 Å². The summed E-state index contributed by atoms with van der Waals surface area (Å²) < 4.78 is 46.6. The number of oxazole rings is 1. The van der Waals surface area contributed by atoms with E-state index in [0.717, 1.165) is 5.56 Å². The first-order valence-corrected chi connectivity index (χ1v) is 9.38. The molecule has 0 spiro atoms. The molecule has 1 aliphatic carbocycles. The van der Waals surface area contributed by atoms with Gasteiger partial charge in [-0.3, -0.25) is 4.79 Å². The van der Waals surface area contributed by atoms with E-state index in [9.17, 15) is 18.0 Å². The Labute approximate surface area is 167 Å². The maximum Gasteiger partial charge on any atom is 0.408 e. The molecule has 4 aromatic rings. The highest BCUT2D eigenvalue weighted by molar-refractivity contribution is 6.00. The first-order chi connectivity index (χ1) is 14.3. The Bertz CT molecular complexity index is 1270. The van der Waals surface area contributed by atoms with Crippen LogP contribution >= 0.6 is 0 Å². The molecule has 3 heterocycles. The summed E-state index contributed by atoms with van der Waals surface area (Å²) >= 11 is 0. The fraction of sp³-hybridized carbons (Fsp3) is 0.300. The van der Waals surface area contributed by atoms with Gasteiger partial charge in [-0.1, -0.05) is 0 Å². The van der Waals surface area contributed by atoms with Crippen LogP contribution in [0.2, 0.25) is 0 Å². The summed E-state index contributed by atoms with van der Waals surface area (Å²) in [5, 5.41) is 6.26. The zero-order valence-electron chi connectivity index (χ0n) is 15.8. The number of benzene rings is 1. The molecule has 0 radical (unpaired) electrons. The van der Waals surface area contributed by atoms with E-state index in [1.54, 1.807) is 31.2 Å². The van der Waals surface area contributed by atoms with Crippen LogP contribution in [0.15, 0.2) is 41.3 Å². The van der Waals surface area contributed by atoms with Gasteiger partial charge in [0.1, 0.15) is 17.1 Å². The van der Waals surface area contributed by atoms with Crippen LogP contribution in [0.25, 0.3) is 28.0 Å². The summed E-state index contributed by atoms with van der Waals surface area (Å²) in [5.41, 5.74) is 3.44. The molecule has 1 atom stereocenters. The van der Waals surface area contributed by atoms with Crippen LogP contribution in [0.3, 0.4) is 0 Å². The Balaban J connectivity index is 1.54. The number of carbonyl (C=O) groups is 1. The number of halogens is 3. The number of carbonyl (C=O) groups excluding carboxylic acids is 1. The molecule has 1 fully saturated rings. The van der Waals surface area contributed by atoms with Crippen molar-refractivity contribution in [3.05, 3.63) is 48.1 Å². The average molecular weight is 415 g/mol. The number of rotatable bonds is 4. The second kappa shape index (κ2) is 6.54. The molecule has 5 rings (SSSR count). The minimum atomic E-state index is -4.50. The minimum absolute atomic E-state index is 0.00244. The third-order valence-corrected chi connectivity index (χ3v) is 5.25. The highest BCUT2D eigenvalue weighted by Gasteiger charge is 2.49. The Kier molecular flexibility index (Phi) is 4.05. The third-order valence-electron chi connectivity index (χ3n) is 5.25. The summed E-state index contributed by atoms with van der Waals surface area (Å²) in [4.78, 5) is 21.3. The first-order valence-electron chi connectivity index (χ1n) is 9.38. The van der Waals surface area contributed by atoms with Crippen molar-refractivity contribution in [3.63, 3.8) is 0 Å². The molecule has 1 saturated carbocycles. The summed E-state index contributed by atoms with van der Waals surface area (Å²) in [6.07, 6.45) is -1.01. The van der Waals surface area contributed by atoms with E-state index in [1.807, 2.05) is 0 Å². The Morgan fingerprint density at radius 2 is 2.10 bits per heavy atom. The van der Waals surface area contributed by atoms with Crippen LogP contribution in [0.1, 0.15) is 28.9 Å². The van der Waals surface area contributed by atoms with Gasteiger partial charge in [-0.2, -0.15) is 18.3 Å². The van der Waals surface area contributed by atoms with Crippen molar-refractivity contribution in [2.45, 2.75) is 32.0 Å². The predicted molar refractivity (Wildman–Crippen MR) is 101 cm³/mol. The molecule has 0 saturated heterocycles. The molecule has 0 bridgehead atoms. The predicted octanol–water partition coefficient (Wildman–Crippen LogP) is 3.92. The molecule has 1 N–H and O–H groups in total. The quantitative estimate of drug-likeness (QED) is 0.546. The molecule has 7 nitrogen and oxygen atoms in total.